The molecule has 0 saturated heterocycles. The summed E-state index contributed by atoms with van der Waals surface area (Å²) in [5, 5.41) is 7.90. The Labute approximate surface area is 704 Å². The highest BCUT2D eigenvalue weighted by molar-refractivity contribution is 7.20. The summed E-state index contributed by atoms with van der Waals surface area (Å²) in [6.45, 7) is 15.1. The monoisotopic (exact) mass is 1680 g/mol. The second kappa shape index (κ2) is 34.0. The highest BCUT2D eigenvalue weighted by Gasteiger charge is 2.23. The van der Waals surface area contributed by atoms with Gasteiger partial charge in [0.1, 0.15) is 40.6 Å². The number of aryl methyl sites for hydroxylation is 10. The van der Waals surface area contributed by atoms with Crippen LogP contribution in [0.1, 0.15) is 41.0 Å². The maximum atomic E-state index is 12.6. The molecule has 0 bridgehead atoms. The molecule has 0 aliphatic rings. The summed E-state index contributed by atoms with van der Waals surface area (Å²) in [6.07, 6.45) is 19.3. The Morgan fingerprint density at radius 3 is 1.12 bits per heavy atom. The Bertz CT molecular complexity index is 7360. The number of rotatable bonds is 13. The van der Waals surface area contributed by atoms with Gasteiger partial charge in [-0.2, -0.15) is 0 Å². The van der Waals surface area contributed by atoms with E-state index in [0.29, 0.717) is 105 Å². The molecule has 0 fully saturated rings. The summed E-state index contributed by atoms with van der Waals surface area (Å²) >= 11 is 7.11. The number of nitrogens with one attached hydrogen (secondary N) is 5. The Kier molecular flexibility index (Phi) is 22.6. The number of nitrogens with zero attached hydrogens (tertiary/aromatic N) is 16. The van der Waals surface area contributed by atoms with Crippen molar-refractivity contribution in [3.63, 3.8) is 0 Å². The van der Waals surface area contributed by atoms with Crippen molar-refractivity contribution < 1.29 is 4.74 Å². The molecular weight excluding hydrogens is 1610 g/mol. The minimum atomic E-state index is -0.165. The van der Waals surface area contributed by atoms with Crippen molar-refractivity contribution in [1.82, 2.24) is 103 Å². The normalized spacial score (nSPS) is 11.3. The zero-order valence-corrected chi connectivity index (χ0v) is 71.1. The smallest absolute Gasteiger partial charge is 0.269 e. The molecule has 27 nitrogen and oxygen atoms in total. The predicted molar refractivity (Wildman–Crippen MR) is 481 cm³/mol. The molecule has 0 amide bonds. The third-order valence-corrected chi connectivity index (χ3v) is 24.3. The Hall–Kier alpha value is -13.9. The van der Waals surface area contributed by atoms with E-state index in [2.05, 4.69) is 165 Å². The fourth-order valence-corrected chi connectivity index (χ4v) is 18.1. The number of ether oxygens (including phenoxy) is 1. The fourth-order valence-electron chi connectivity index (χ4n) is 13.5. The standard InChI is InChI=1S/C19H19N5O2S.C18H16N4OS.3C17H14N4OS/c1-11(2)8-26-15-5-4-12(6-20-15)13-9-27-17-16(13)22-18(23-19(17)25)14-7-24(3)10-21-14;1-10-6-4-5-7-12(10)13-11(2)24-15-14(13)20-16(21-18(15)23)17-19-8-9-22(17)3;2*1-10-4-3-5-11(6-10)12-8-23-15-14(12)19-16(20-17(15)22)13-7-21(2)9-18-13;1-10-4-3-5-11(8-10)12-9-23-14-13(12)19-15(20-17(14)22)16-18-6-7-21(16)2/h4-7,9-11H,8H2,1-3H3,(H,22,23,25);4-9H,1-3H3,(H,20,21,23);3*3-9H,1-2H3,(H,19,20,22). The third-order valence-electron chi connectivity index (χ3n) is 19.3. The molecule has 0 aliphatic heterocycles. The molecule has 0 aliphatic carbocycles. The zero-order valence-electron chi connectivity index (χ0n) is 67.0. The van der Waals surface area contributed by atoms with Crippen molar-refractivity contribution in [2.24, 2.45) is 41.2 Å². The van der Waals surface area contributed by atoms with Gasteiger partial charge in [-0.3, -0.25) is 24.0 Å². The van der Waals surface area contributed by atoms with Gasteiger partial charge < -0.3 is 52.5 Å². The summed E-state index contributed by atoms with van der Waals surface area (Å²) in [7, 11) is 9.40. The number of pyridine rings is 1. The summed E-state index contributed by atoms with van der Waals surface area (Å²) in [4.78, 5) is 127. The topological polar surface area (TPSA) is 340 Å². The lowest BCUT2D eigenvalue weighted by molar-refractivity contribution is 0.261. The van der Waals surface area contributed by atoms with Gasteiger partial charge in [-0.15, -0.1) is 56.7 Å². The average molecular weight is 1690 g/mol. The van der Waals surface area contributed by atoms with E-state index in [1.54, 1.807) is 37.6 Å². The fraction of sp³-hybridized carbons (Fsp3) is 0.159. The molecule has 0 spiro atoms. The predicted octanol–water partition coefficient (Wildman–Crippen LogP) is 17.2. The molecule has 4 aromatic carbocycles. The van der Waals surface area contributed by atoms with Crippen LogP contribution in [-0.4, -0.2) is 109 Å². The summed E-state index contributed by atoms with van der Waals surface area (Å²) < 4.78 is 17.9. The lowest BCUT2D eigenvalue weighted by Crippen LogP contribution is -2.09. The first kappa shape index (κ1) is 79.9. The highest BCUT2D eigenvalue weighted by Crippen LogP contribution is 2.40. The molecule has 0 saturated carbocycles. The van der Waals surface area contributed by atoms with Crippen LogP contribution in [0.5, 0.6) is 5.88 Å². The Balaban J connectivity index is 0.000000112. The summed E-state index contributed by atoms with van der Waals surface area (Å²) in [5.41, 5.74) is 19.6. The molecule has 32 heteroatoms. The van der Waals surface area contributed by atoms with E-state index < -0.39 is 0 Å². The largest absolute Gasteiger partial charge is 0.477 e. The summed E-state index contributed by atoms with van der Waals surface area (Å²) in [5.74, 6) is 4.75. The Morgan fingerprint density at radius 1 is 0.392 bits per heavy atom. The van der Waals surface area contributed by atoms with Gasteiger partial charge in [-0.1, -0.05) is 128 Å². The van der Waals surface area contributed by atoms with E-state index in [9.17, 15) is 24.0 Å². The lowest BCUT2D eigenvalue weighted by Gasteiger charge is -2.08. The van der Waals surface area contributed by atoms with Crippen LogP contribution in [0.2, 0.25) is 0 Å². The van der Waals surface area contributed by atoms with E-state index >= 15 is 0 Å². The maximum absolute atomic E-state index is 12.6. The van der Waals surface area contributed by atoms with Crippen molar-refractivity contribution >= 4 is 108 Å². The molecule has 16 aromatic heterocycles. The van der Waals surface area contributed by atoms with Gasteiger partial charge in [-0.25, -0.2) is 54.8 Å². The summed E-state index contributed by atoms with van der Waals surface area (Å²) in [6, 6.07) is 36.6. The lowest BCUT2D eigenvalue weighted by atomic mass is 10.0. The quantitative estimate of drug-likeness (QED) is 0.0716. The van der Waals surface area contributed by atoms with Gasteiger partial charge in [0.25, 0.3) is 27.8 Å². The van der Waals surface area contributed by atoms with Crippen LogP contribution >= 0.6 is 56.7 Å². The van der Waals surface area contributed by atoms with Gasteiger partial charge in [0, 0.05) is 151 Å². The van der Waals surface area contributed by atoms with Gasteiger partial charge in [0.05, 0.1) is 53.2 Å². The molecule has 16 heterocycles. The first-order valence-corrected chi connectivity index (χ1v) is 42.1. The number of thiophene rings is 5. The minimum absolute atomic E-state index is 0.120. The van der Waals surface area contributed by atoms with Crippen molar-refractivity contribution in [3.8, 4) is 119 Å². The van der Waals surface area contributed by atoms with Gasteiger partial charge in [0.2, 0.25) is 5.88 Å². The van der Waals surface area contributed by atoms with Crippen molar-refractivity contribution in [1.29, 1.82) is 0 Å². The molecule has 5 N–H and O–H groups in total. The van der Waals surface area contributed by atoms with E-state index in [-0.39, 0.29) is 27.8 Å². The molecular formula is C88H77N21O6S5. The third kappa shape index (κ3) is 16.7. The van der Waals surface area contributed by atoms with Gasteiger partial charge in [0.15, 0.2) is 40.8 Å². The number of benzene rings is 4. The number of hydrogen-bond acceptors (Lipinski definition) is 22. The van der Waals surface area contributed by atoms with E-state index in [1.807, 2.05) is 178 Å². The van der Waals surface area contributed by atoms with Crippen LogP contribution in [0, 0.1) is 40.5 Å². The van der Waals surface area contributed by atoms with Crippen LogP contribution < -0.4 is 32.5 Å². The first-order valence-electron chi connectivity index (χ1n) is 37.8. The molecule has 0 unspecified atom stereocenters. The zero-order chi connectivity index (χ0) is 83.7. The second-order valence-electron chi connectivity index (χ2n) is 29.1. The van der Waals surface area contributed by atoms with Crippen LogP contribution in [-0.2, 0) is 35.2 Å². The van der Waals surface area contributed by atoms with Crippen molar-refractivity contribution in [3.05, 3.63) is 278 Å². The molecule has 20 aromatic rings. The maximum Gasteiger partial charge on any atom is 0.269 e. The first-order chi connectivity index (χ1) is 57.9. The Morgan fingerprint density at radius 2 is 0.767 bits per heavy atom. The van der Waals surface area contributed by atoms with Crippen LogP contribution in [0.4, 0.5) is 0 Å². The van der Waals surface area contributed by atoms with E-state index in [1.165, 1.54) is 78.9 Å². The second-order valence-corrected chi connectivity index (χ2v) is 33.8. The van der Waals surface area contributed by atoms with Crippen LogP contribution in [0.15, 0.2) is 223 Å². The highest BCUT2D eigenvalue weighted by atomic mass is 32.1. The number of hydrogen-bond donors (Lipinski definition) is 5. The van der Waals surface area contributed by atoms with Crippen LogP contribution in [0.3, 0.4) is 0 Å². The molecule has 120 heavy (non-hydrogen) atoms. The van der Waals surface area contributed by atoms with Crippen molar-refractivity contribution in [2.75, 3.05) is 6.61 Å². The molecule has 0 atom stereocenters. The molecule has 600 valence electrons. The van der Waals surface area contributed by atoms with Crippen molar-refractivity contribution in [2.45, 2.75) is 48.5 Å². The van der Waals surface area contributed by atoms with Gasteiger partial charge in [-0.05, 0) is 74.4 Å². The SMILES string of the molecule is CC(C)COc1ccc(-c2csc3c(=O)[nH]c(-c4cn(C)cn4)nc23)cn1.Cc1cccc(-c2csc3c(=O)[nH]c(-c4cn(C)cn4)nc23)c1.Cc1cccc(-c2csc3c(=O)[nH]c(-c4cn(C)cn4)nc23)c1.Cc1cccc(-c2csc3c(=O)[nH]c(-c4nccn4C)nc23)c1.Cc1ccccc1-c1c(C)sc2c(=O)[nH]c(-c3nccn3C)nc12. The molecule has 20 rings (SSSR count). The number of aromatic nitrogens is 21. The van der Waals surface area contributed by atoms with E-state index in [0.717, 1.165) is 82.6 Å². The average Bonchev–Trinajstić information content (AvgIpc) is 1.62. The number of H-pyrrole nitrogens is 5. The van der Waals surface area contributed by atoms with Gasteiger partial charge >= 0.3 is 0 Å². The number of aromatic amines is 5. The van der Waals surface area contributed by atoms with Crippen LogP contribution in [0.25, 0.3) is 165 Å². The number of fused-ring (bicyclic) bond motifs is 5. The molecule has 0 radical (unpaired) electrons. The van der Waals surface area contributed by atoms with E-state index in [4.69, 9.17) is 9.72 Å². The number of imidazole rings is 5. The minimum Gasteiger partial charge on any atom is -0.477 e.